The van der Waals surface area contributed by atoms with Crippen LogP contribution in [0.25, 0.3) is 11.1 Å². The predicted octanol–water partition coefficient (Wildman–Crippen LogP) is 2.89. The van der Waals surface area contributed by atoms with E-state index in [9.17, 15) is 4.39 Å². The Morgan fingerprint density at radius 2 is 2.06 bits per heavy atom. The molecule has 0 fully saturated rings. The third-order valence-electron chi connectivity index (χ3n) is 3.30. The number of fused-ring (bicyclic) bond motifs is 1. The van der Waals surface area contributed by atoms with Crippen LogP contribution in [-0.4, -0.2) is 6.61 Å². The first-order valence-corrected chi connectivity index (χ1v) is 6.03. The van der Waals surface area contributed by atoms with Crippen LogP contribution in [0, 0.1) is 5.82 Å². The Morgan fingerprint density at radius 1 is 1.17 bits per heavy atom. The summed E-state index contributed by atoms with van der Waals surface area (Å²) in [4.78, 5) is 0. The third-order valence-corrected chi connectivity index (χ3v) is 3.30. The number of benzene rings is 2. The van der Waals surface area contributed by atoms with Crippen molar-refractivity contribution in [2.45, 2.75) is 13.0 Å². The molecule has 2 N–H and O–H groups in total. The van der Waals surface area contributed by atoms with Crippen LogP contribution in [-0.2, 0) is 13.0 Å². The zero-order valence-corrected chi connectivity index (χ0v) is 9.95. The molecule has 2 nitrogen and oxygen atoms in total. The molecule has 1 aliphatic rings. The Bertz CT molecular complexity index is 595. The van der Waals surface area contributed by atoms with Crippen molar-refractivity contribution >= 4 is 0 Å². The van der Waals surface area contributed by atoms with Crippen LogP contribution in [0.4, 0.5) is 4.39 Å². The first-order chi connectivity index (χ1) is 8.79. The van der Waals surface area contributed by atoms with Gasteiger partial charge in [-0.05, 0) is 28.8 Å². The summed E-state index contributed by atoms with van der Waals surface area (Å²) in [7, 11) is 0. The lowest BCUT2D eigenvalue weighted by molar-refractivity contribution is 0.358. The van der Waals surface area contributed by atoms with Gasteiger partial charge in [0, 0.05) is 18.5 Å². The second-order valence-corrected chi connectivity index (χ2v) is 4.40. The number of ether oxygens (including phenoxy) is 1. The van der Waals surface area contributed by atoms with Crippen LogP contribution in [0.5, 0.6) is 5.75 Å². The maximum Gasteiger partial charge on any atom is 0.130 e. The molecule has 0 spiro atoms. The molecular weight excluding hydrogens is 229 g/mol. The third kappa shape index (κ3) is 1.77. The average Bonchev–Trinajstić information content (AvgIpc) is 2.86. The summed E-state index contributed by atoms with van der Waals surface area (Å²) in [6.45, 7) is 1.08. The molecule has 0 aromatic heterocycles. The van der Waals surface area contributed by atoms with Crippen molar-refractivity contribution in [1.82, 2.24) is 0 Å². The molecular formula is C15H14FNO. The van der Waals surface area contributed by atoms with Gasteiger partial charge in [0.2, 0.25) is 0 Å². The minimum atomic E-state index is -0.252. The van der Waals surface area contributed by atoms with Crippen LogP contribution in [0.1, 0.15) is 11.1 Å². The number of halogens is 1. The minimum absolute atomic E-state index is 0.252. The topological polar surface area (TPSA) is 35.2 Å². The molecule has 1 aliphatic heterocycles. The highest BCUT2D eigenvalue weighted by atomic mass is 19.1. The van der Waals surface area contributed by atoms with Gasteiger partial charge in [0.1, 0.15) is 11.6 Å². The number of hydrogen-bond acceptors (Lipinski definition) is 2. The lowest BCUT2D eigenvalue weighted by Gasteiger charge is -2.12. The zero-order valence-electron chi connectivity index (χ0n) is 9.95. The van der Waals surface area contributed by atoms with Gasteiger partial charge in [-0.2, -0.15) is 0 Å². The van der Waals surface area contributed by atoms with E-state index in [1.54, 1.807) is 6.07 Å². The van der Waals surface area contributed by atoms with Gasteiger partial charge in [-0.3, -0.25) is 0 Å². The molecule has 0 radical (unpaired) electrons. The molecule has 0 unspecified atom stereocenters. The standard InChI is InChI=1S/C15H14FNO/c16-12-5-4-11(9-17)14(8-12)13-3-1-2-10-6-7-18-15(10)13/h1-5,8H,6-7,9,17H2. The van der Waals surface area contributed by atoms with Gasteiger partial charge < -0.3 is 10.5 Å². The summed E-state index contributed by atoms with van der Waals surface area (Å²) in [5.74, 6) is 0.621. The van der Waals surface area contributed by atoms with Gasteiger partial charge in [-0.15, -0.1) is 0 Å². The fourth-order valence-electron chi connectivity index (χ4n) is 2.40. The number of nitrogens with two attached hydrogens (primary N) is 1. The van der Waals surface area contributed by atoms with Gasteiger partial charge in [-0.25, -0.2) is 4.39 Å². The smallest absolute Gasteiger partial charge is 0.130 e. The molecule has 3 heteroatoms. The molecule has 1 heterocycles. The predicted molar refractivity (Wildman–Crippen MR) is 68.9 cm³/mol. The fourth-order valence-corrected chi connectivity index (χ4v) is 2.40. The molecule has 0 bridgehead atoms. The molecule has 0 saturated heterocycles. The summed E-state index contributed by atoms with van der Waals surface area (Å²) in [6.07, 6.45) is 0.913. The Balaban J connectivity index is 2.21. The highest BCUT2D eigenvalue weighted by Gasteiger charge is 2.18. The zero-order chi connectivity index (χ0) is 12.5. The molecule has 0 atom stereocenters. The van der Waals surface area contributed by atoms with Crippen LogP contribution >= 0.6 is 0 Å². The Hall–Kier alpha value is -1.87. The van der Waals surface area contributed by atoms with Gasteiger partial charge in [0.05, 0.1) is 6.61 Å². The molecule has 0 aliphatic carbocycles. The number of para-hydroxylation sites is 1. The summed E-state index contributed by atoms with van der Waals surface area (Å²) < 4.78 is 19.1. The second kappa shape index (κ2) is 4.42. The normalized spacial score (nSPS) is 13.2. The highest BCUT2D eigenvalue weighted by Crippen LogP contribution is 2.38. The van der Waals surface area contributed by atoms with Crippen molar-refractivity contribution in [1.29, 1.82) is 0 Å². The lowest BCUT2D eigenvalue weighted by Crippen LogP contribution is -2.00. The molecule has 92 valence electrons. The van der Waals surface area contributed by atoms with Gasteiger partial charge in [-0.1, -0.05) is 24.3 Å². The van der Waals surface area contributed by atoms with Crippen molar-refractivity contribution in [3.05, 3.63) is 53.3 Å². The molecule has 0 amide bonds. The van der Waals surface area contributed by atoms with Crippen LogP contribution in [0.3, 0.4) is 0 Å². The first-order valence-electron chi connectivity index (χ1n) is 6.03. The van der Waals surface area contributed by atoms with Crippen LogP contribution in [0.15, 0.2) is 36.4 Å². The van der Waals surface area contributed by atoms with E-state index in [-0.39, 0.29) is 5.82 Å². The maximum atomic E-state index is 13.4. The first kappa shape index (κ1) is 11.2. The van der Waals surface area contributed by atoms with Gasteiger partial charge in [0.25, 0.3) is 0 Å². The number of rotatable bonds is 2. The summed E-state index contributed by atoms with van der Waals surface area (Å²) in [5, 5.41) is 0. The van der Waals surface area contributed by atoms with Crippen LogP contribution < -0.4 is 10.5 Å². The van der Waals surface area contributed by atoms with Gasteiger partial charge in [0.15, 0.2) is 0 Å². The van der Waals surface area contributed by atoms with E-state index in [0.29, 0.717) is 13.2 Å². The van der Waals surface area contributed by atoms with E-state index in [1.165, 1.54) is 17.7 Å². The molecule has 3 rings (SSSR count). The second-order valence-electron chi connectivity index (χ2n) is 4.40. The summed E-state index contributed by atoms with van der Waals surface area (Å²) in [5.41, 5.74) is 9.60. The number of hydrogen-bond donors (Lipinski definition) is 1. The molecule has 2 aromatic carbocycles. The molecule has 18 heavy (non-hydrogen) atoms. The minimum Gasteiger partial charge on any atom is -0.492 e. The maximum absolute atomic E-state index is 13.4. The van der Waals surface area contributed by atoms with E-state index in [1.807, 2.05) is 18.2 Å². The van der Waals surface area contributed by atoms with Gasteiger partial charge >= 0.3 is 0 Å². The average molecular weight is 243 g/mol. The van der Waals surface area contributed by atoms with E-state index in [2.05, 4.69) is 0 Å². The van der Waals surface area contributed by atoms with E-state index >= 15 is 0 Å². The lowest BCUT2D eigenvalue weighted by atomic mass is 9.96. The quantitative estimate of drug-likeness (QED) is 0.880. The van der Waals surface area contributed by atoms with E-state index in [0.717, 1.165) is 28.9 Å². The Labute approximate surface area is 105 Å². The van der Waals surface area contributed by atoms with Crippen molar-refractivity contribution in [2.24, 2.45) is 5.73 Å². The molecule has 0 saturated carbocycles. The molecule has 2 aromatic rings. The van der Waals surface area contributed by atoms with Crippen LogP contribution in [0.2, 0.25) is 0 Å². The summed E-state index contributed by atoms with van der Waals surface area (Å²) in [6, 6.07) is 10.7. The van der Waals surface area contributed by atoms with E-state index in [4.69, 9.17) is 10.5 Å². The van der Waals surface area contributed by atoms with Crippen molar-refractivity contribution < 1.29 is 9.13 Å². The monoisotopic (exact) mass is 243 g/mol. The highest BCUT2D eigenvalue weighted by molar-refractivity contribution is 5.75. The van der Waals surface area contributed by atoms with Crippen molar-refractivity contribution in [3.8, 4) is 16.9 Å². The fraction of sp³-hybridized carbons (Fsp3) is 0.200. The summed E-state index contributed by atoms with van der Waals surface area (Å²) >= 11 is 0. The van der Waals surface area contributed by atoms with Crippen molar-refractivity contribution in [3.63, 3.8) is 0 Å². The van der Waals surface area contributed by atoms with Crippen molar-refractivity contribution in [2.75, 3.05) is 6.61 Å². The Morgan fingerprint density at radius 3 is 2.89 bits per heavy atom. The largest absolute Gasteiger partial charge is 0.492 e. The van der Waals surface area contributed by atoms with E-state index < -0.39 is 0 Å². The SMILES string of the molecule is NCc1ccc(F)cc1-c1cccc2c1OCC2. The Kier molecular flexibility index (Phi) is 2.76.